The fourth-order valence-electron chi connectivity index (χ4n) is 2.85. The summed E-state index contributed by atoms with van der Waals surface area (Å²) in [5.74, 6) is -2.45. The topological polar surface area (TPSA) is 123 Å². The summed E-state index contributed by atoms with van der Waals surface area (Å²) in [6.45, 7) is -0.445. The van der Waals surface area contributed by atoms with Gasteiger partial charge in [0, 0.05) is 23.5 Å². The smallest absolute Gasteiger partial charge is 0.326 e. The number of rotatable bonds is 7. The Kier molecular flexibility index (Phi) is 6.08. The van der Waals surface area contributed by atoms with Crippen LogP contribution >= 0.6 is 0 Å². The van der Waals surface area contributed by atoms with Crippen molar-refractivity contribution in [3.8, 4) is 0 Å². The molecule has 0 spiro atoms. The molecule has 0 bridgehead atoms. The quantitative estimate of drug-likeness (QED) is 0.419. The van der Waals surface area contributed by atoms with Crippen LogP contribution in [0.25, 0.3) is 10.9 Å². The molecule has 0 fully saturated rings. The number of fused-ring (bicyclic) bond motifs is 1. The SMILES string of the molecule is O=C(CNC(=O)N[C@@H](Cc1c[nH]c2ccccc12)C(=O)O)Nc1ccccc1F. The average molecular weight is 398 g/mol. The van der Waals surface area contributed by atoms with Crippen LogP contribution in [0.15, 0.2) is 54.7 Å². The van der Waals surface area contributed by atoms with Gasteiger partial charge in [0.25, 0.3) is 0 Å². The second kappa shape index (κ2) is 8.87. The monoisotopic (exact) mass is 398 g/mol. The van der Waals surface area contributed by atoms with Crippen LogP contribution in [0.4, 0.5) is 14.9 Å². The molecule has 3 rings (SSSR count). The first-order chi connectivity index (χ1) is 13.9. The summed E-state index contributed by atoms with van der Waals surface area (Å²) in [6.07, 6.45) is 1.76. The molecular formula is C20H19FN4O4. The molecule has 5 N–H and O–H groups in total. The van der Waals surface area contributed by atoms with Gasteiger partial charge in [0.05, 0.1) is 12.2 Å². The number of carboxylic acid groups (broad SMARTS) is 1. The summed E-state index contributed by atoms with van der Waals surface area (Å²) in [6, 6.07) is 11.0. The number of hydrogen-bond acceptors (Lipinski definition) is 3. The van der Waals surface area contributed by atoms with Crippen molar-refractivity contribution >= 4 is 34.5 Å². The highest BCUT2D eigenvalue weighted by atomic mass is 19.1. The molecule has 0 aliphatic carbocycles. The predicted molar refractivity (Wildman–Crippen MR) is 105 cm³/mol. The van der Waals surface area contributed by atoms with E-state index in [0.717, 1.165) is 16.5 Å². The van der Waals surface area contributed by atoms with Crippen LogP contribution in [0.2, 0.25) is 0 Å². The molecule has 0 saturated heterocycles. The Bertz CT molecular complexity index is 1050. The zero-order valence-electron chi connectivity index (χ0n) is 15.2. The van der Waals surface area contributed by atoms with Gasteiger partial charge in [-0.15, -0.1) is 0 Å². The van der Waals surface area contributed by atoms with Crippen LogP contribution in [0.3, 0.4) is 0 Å². The van der Waals surface area contributed by atoms with Gasteiger partial charge in [-0.1, -0.05) is 30.3 Å². The molecule has 1 aromatic heterocycles. The van der Waals surface area contributed by atoms with Crippen molar-refractivity contribution < 1.29 is 23.9 Å². The second-order valence-electron chi connectivity index (χ2n) is 6.31. The number of H-pyrrole nitrogens is 1. The Morgan fingerprint density at radius 3 is 2.55 bits per heavy atom. The summed E-state index contributed by atoms with van der Waals surface area (Å²) < 4.78 is 13.5. The number of carbonyl (C=O) groups excluding carboxylic acids is 2. The van der Waals surface area contributed by atoms with E-state index in [2.05, 4.69) is 20.9 Å². The van der Waals surface area contributed by atoms with Gasteiger partial charge in [-0.2, -0.15) is 0 Å². The first-order valence-electron chi connectivity index (χ1n) is 8.80. The number of nitrogens with one attached hydrogen (secondary N) is 4. The molecular weight excluding hydrogens is 379 g/mol. The van der Waals surface area contributed by atoms with Gasteiger partial charge < -0.3 is 26.0 Å². The van der Waals surface area contributed by atoms with Crippen molar-refractivity contribution in [2.45, 2.75) is 12.5 Å². The van der Waals surface area contributed by atoms with E-state index in [1.165, 1.54) is 18.2 Å². The van der Waals surface area contributed by atoms with Crippen LogP contribution < -0.4 is 16.0 Å². The molecule has 0 unspecified atom stereocenters. The van der Waals surface area contributed by atoms with Crippen LogP contribution in [-0.4, -0.2) is 40.6 Å². The normalized spacial score (nSPS) is 11.6. The Morgan fingerprint density at radius 1 is 1.07 bits per heavy atom. The summed E-state index contributed by atoms with van der Waals surface area (Å²) in [5, 5.41) is 17.2. The van der Waals surface area contributed by atoms with Crippen LogP contribution in [0, 0.1) is 5.82 Å². The predicted octanol–water partition coefficient (Wildman–Crippen LogP) is 2.24. The van der Waals surface area contributed by atoms with Gasteiger partial charge in [0.15, 0.2) is 0 Å². The standard InChI is InChI=1S/C20H19FN4O4/c21-14-6-2-4-8-16(14)24-18(26)11-23-20(29)25-17(19(27)28)9-12-10-22-15-7-3-1-5-13(12)15/h1-8,10,17,22H,9,11H2,(H,24,26)(H,27,28)(H2,23,25,29)/t17-/m0/s1. The van der Waals surface area contributed by atoms with E-state index in [4.69, 9.17) is 0 Å². The first-order valence-corrected chi connectivity index (χ1v) is 8.80. The summed E-state index contributed by atoms with van der Waals surface area (Å²) >= 11 is 0. The minimum Gasteiger partial charge on any atom is -0.480 e. The zero-order valence-corrected chi connectivity index (χ0v) is 15.2. The molecule has 3 amide bonds. The largest absolute Gasteiger partial charge is 0.480 e. The molecule has 150 valence electrons. The fourth-order valence-corrected chi connectivity index (χ4v) is 2.85. The molecule has 29 heavy (non-hydrogen) atoms. The minimum atomic E-state index is -1.21. The number of hydrogen-bond donors (Lipinski definition) is 5. The number of halogens is 1. The lowest BCUT2D eigenvalue weighted by Crippen LogP contribution is -2.48. The van der Waals surface area contributed by atoms with E-state index in [9.17, 15) is 23.9 Å². The molecule has 8 nitrogen and oxygen atoms in total. The van der Waals surface area contributed by atoms with E-state index in [1.807, 2.05) is 24.3 Å². The molecule has 1 heterocycles. The highest BCUT2D eigenvalue weighted by Crippen LogP contribution is 2.19. The average Bonchev–Trinajstić information content (AvgIpc) is 3.10. The van der Waals surface area contributed by atoms with Gasteiger partial charge in [0.1, 0.15) is 11.9 Å². The minimum absolute atomic E-state index is 0.0116. The summed E-state index contributed by atoms with van der Waals surface area (Å²) in [7, 11) is 0. The van der Waals surface area contributed by atoms with Gasteiger partial charge in [-0.3, -0.25) is 4.79 Å². The Labute approximate surface area is 165 Å². The third kappa shape index (κ3) is 5.10. The lowest BCUT2D eigenvalue weighted by molar-refractivity contribution is -0.139. The lowest BCUT2D eigenvalue weighted by atomic mass is 10.1. The number of aromatic amines is 1. The van der Waals surface area contributed by atoms with Crippen molar-refractivity contribution in [1.82, 2.24) is 15.6 Å². The molecule has 0 aliphatic heterocycles. The van der Waals surface area contributed by atoms with Crippen molar-refractivity contribution in [2.75, 3.05) is 11.9 Å². The number of carboxylic acids is 1. The number of amides is 3. The van der Waals surface area contributed by atoms with E-state index >= 15 is 0 Å². The fraction of sp³-hybridized carbons (Fsp3) is 0.150. The van der Waals surface area contributed by atoms with E-state index in [1.54, 1.807) is 12.3 Å². The maximum absolute atomic E-state index is 13.5. The zero-order chi connectivity index (χ0) is 20.8. The van der Waals surface area contributed by atoms with Crippen LogP contribution in [0.5, 0.6) is 0 Å². The van der Waals surface area contributed by atoms with Crippen molar-refractivity contribution in [3.05, 3.63) is 66.1 Å². The third-order valence-corrected chi connectivity index (χ3v) is 4.26. The van der Waals surface area contributed by atoms with Crippen molar-refractivity contribution in [3.63, 3.8) is 0 Å². The first kappa shape index (κ1) is 19.9. The van der Waals surface area contributed by atoms with Crippen molar-refractivity contribution in [1.29, 1.82) is 0 Å². The summed E-state index contributed by atoms with van der Waals surface area (Å²) in [5.41, 5.74) is 1.59. The van der Waals surface area contributed by atoms with Gasteiger partial charge in [-0.25, -0.2) is 14.0 Å². The number of carbonyl (C=O) groups is 3. The van der Waals surface area contributed by atoms with Crippen LogP contribution in [0.1, 0.15) is 5.56 Å². The molecule has 2 aromatic carbocycles. The molecule has 0 radical (unpaired) electrons. The second-order valence-corrected chi connectivity index (χ2v) is 6.31. The molecule has 1 atom stereocenters. The number of aliphatic carboxylic acids is 1. The highest BCUT2D eigenvalue weighted by molar-refractivity contribution is 5.95. The number of anilines is 1. The molecule has 0 saturated carbocycles. The maximum atomic E-state index is 13.5. The number of aromatic nitrogens is 1. The Morgan fingerprint density at radius 2 is 1.79 bits per heavy atom. The molecule has 0 aliphatic rings. The number of urea groups is 1. The van der Waals surface area contributed by atoms with Crippen molar-refractivity contribution in [2.24, 2.45) is 0 Å². The van der Waals surface area contributed by atoms with Gasteiger partial charge >= 0.3 is 12.0 Å². The lowest BCUT2D eigenvalue weighted by Gasteiger charge is -2.15. The molecule has 3 aromatic rings. The van der Waals surface area contributed by atoms with E-state index < -0.39 is 36.3 Å². The van der Waals surface area contributed by atoms with E-state index in [0.29, 0.717) is 0 Å². The van der Waals surface area contributed by atoms with E-state index in [-0.39, 0.29) is 12.1 Å². The molecule has 9 heteroatoms. The number of para-hydroxylation sites is 2. The highest BCUT2D eigenvalue weighted by Gasteiger charge is 2.22. The van der Waals surface area contributed by atoms with Gasteiger partial charge in [0.2, 0.25) is 5.91 Å². The number of benzene rings is 2. The Balaban J connectivity index is 1.55. The van der Waals surface area contributed by atoms with Gasteiger partial charge in [-0.05, 0) is 23.8 Å². The van der Waals surface area contributed by atoms with Crippen LogP contribution in [-0.2, 0) is 16.0 Å². The third-order valence-electron chi connectivity index (χ3n) is 4.26. The Hall–Kier alpha value is -3.88. The maximum Gasteiger partial charge on any atom is 0.326 e. The summed E-state index contributed by atoms with van der Waals surface area (Å²) in [4.78, 5) is 38.5.